The van der Waals surface area contributed by atoms with E-state index in [0.717, 1.165) is 16.8 Å². The predicted molar refractivity (Wildman–Crippen MR) is 136 cm³/mol. The summed E-state index contributed by atoms with van der Waals surface area (Å²) in [7, 11) is 3.19. The third-order valence-electron chi connectivity index (χ3n) is 6.81. The fourth-order valence-electron chi connectivity index (χ4n) is 5.26. The number of carbonyl (C=O) groups excluding carboxylic acids is 2. The molecule has 1 N–H and O–H groups in total. The Bertz CT molecular complexity index is 1200. The highest BCUT2D eigenvalue weighted by Gasteiger charge is 2.46. The van der Waals surface area contributed by atoms with Gasteiger partial charge >= 0.3 is 5.97 Å². The molecule has 190 valence electrons. The van der Waals surface area contributed by atoms with E-state index in [-0.39, 0.29) is 18.3 Å². The van der Waals surface area contributed by atoms with Gasteiger partial charge in [0.25, 0.3) is 0 Å². The molecule has 3 atom stereocenters. The van der Waals surface area contributed by atoms with Crippen LogP contribution in [-0.4, -0.2) is 39.2 Å². The number of Topliss-reactive ketones (excluding diaryl/α,β-unsaturated/α-hetero) is 1. The average molecular weight is 492 g/mol. The molecule has 7 heteroatoms. The quantitative estimate of drug-likeness (QED) is 0.527. The summed E-state index contributed by atoms with van der Waals surface area (Å²) in [6.07, 6.45) is 0.906. The predicted octanol–water partition coefficient (Wildman–Crippen LogP) is 4.88. The van der Waals surface area contributed by atoms with E-state index < -0.39 is 17.8 Å². The number of para-hydroxylation sites is 1. The van der Waals surface area contributed by atoms with Crippen molar-refractivity contribution in [3.05, 3.63) is 77.1 Å². The molecule has 36 heavy (non-hydrogen) atoms. The van der Waals surface area contributed by atoms with E-state index in [1.54, 1.807) is 21.1 Å². The van der Waals surface area contributed by atoms with Gasteiger partial charge < -0.3 is 24.3 Å². The summed E-state index contributed by atoms with van der Waals surface area (Å²) in [5.74, 6) is 0.135. The number of rotatable bonds is 8. The topological polar surface area (TPSA) is 83.1 Å². The maximum absolute atomic E-state index is 13.8. The monoisotopic (exact) mass is 491 g/mol. The maximum Gasteiger partial charge on any atom is 0.315 e. The molecular formula is C29H33NO6. The van der Waals surface area contributed by atoms with E-state index in [2.05, 4.69) is 11.9 Å². The average Bonchev–Trinajstić information content (AvgIpc) is 2.88. The Morgan fingerprint density at radius 3 is 2.44 bits per heavy atom. The van der Waals surface area contributed by atoms with Gasteiger partial charge in [0.1, 0.15) is 11.7 Å². The maximum atomic E-state index is 13.8. The number of methoxy groups -OCH3 is 2. The van der Waals surface area contributed by atoms with E-state index in [4.69, 9.17) is 18.9 Å². The Balaban J connectivity index is 1.80. The fourth-order valence-corrected chi connectivity index (χ4v) is 5.26. The number of benzene rings is 2. The minimum atomic E-state index is -0.744. The van der Waals surface area contributed by atoms with E-state index in [9.17, 15) is 9.59 Å². The molecule has 0 bridgehead atoms. The first kappa shape index (κ1) is 25.4. The van der Waals surface area contributed by atoms with Gasteiger partial charge in [-0.2, -0.15) is 0 Å². The highest BCUT2D eigenvalue weighted by Crippen LogP contribution is 2.49. The Hall–Kier alpha value is -3.74. The Labute approximate surface area is 212 Å². The lowest BCUT2D eigenvalue weighted by Crippen LogP contribution is -2.42. The molecule has 1 aliphatic heterocycles. The van der Waals surface area contributed by atoms with Gasteiger partial charge in [0, 0.05) is 34.9 Å². The Morgan fingerprint density at radius 1 is 1.00 bits per heavy atom. The molecule has 7 nitrogen and oxygen atoms in total. The van der Waals surface area contributed by atoms with Gasteiger partial charge in [0.2, 0.25) is 0 Å². The van der Waals surface area contributed by atoms with Crippen LogP contribution in [0.25, 0.3) is 0 Å². The summed E-state index contributed by atoms with van der Waals surface area (Å²) in [5.41, 5.74) is 3.67. The van der Waals surface area contributed by atoms with Crippen molar-refractivity contribution in [3.63, 3.8) is 0 Å². The summed E-state index contributed by atoms with van der Waals surface area (Å²) >= 11 is 0. The zero-order valence-corrected chi connectivity index (χ0v) is 21.3. The fraction of sp³-hybridized carbons (Fsp3) is 0.379. The number of hydrogen-bond acceptors (Lipinski definition) is 7. The van der Waals surface area contributed by atoms with Crippen LogP contribution in [-0.2, 0) is 14.3 Å². The van der Waals surface area contributed by atoms with Crippen molar-refractivity contribution in [2.24, 2.45) is 5.92 Å². The van der Waals surface area contributed by atoms with Crippen molar-refractivity contribution in [2.45, 2.75) is 38.5 Å². The van der Waals surface area contributed by atoms with Gasteiger partial charge in [0.15, 0.2) is 17.3 Å². The molecule has 0 saturated carbocycles. The standard InChI is InChI=1S/C29H33NO6/c1-6-35-23-11-9-8-10-20(23)27-26(29(32)36-7-2)17(3)30-21-14-19(15-22(31)28(21)27)18-12-13-24(33-4)25(16-18)34-5/h8-13,16,19,26-27,30H,3,6-7,14-15H2,1-2,4-5H3. The summed E-state index contributed by atoms with van der Waals surface area (Å²) in [4.78, 5) is 26.9. The molecule has 0 radical (unpaired) electrons. The molecular weight excluding hydrogens is 458 g/mol. The van der Waals surface area contributed by atoms with Crippen molar-refractivity contribution < 1.29 is 28.5 Å². The lowest BCUT2D eigenvalue weighted by atomic mass is 9.69. The minimum Gasteiger partial charge on any atom is -0.494 e. The molecule has 0 spiro atoms. The first-order chi connectivity index (χ1) is 17.4. The molecule has 2 aromatic carbocycles. The second-order valence-corrected chi connectivity index (χ2v) is 8.86. The van der Waals surface area contributed by atoms with Crippen LogP contribution in [0, 0.1) is 5.92 Å². The van der Waals surface area contributed by atoms with Crippen LogP contribution in [0.3, 0.4) is 0 Å². The number of hydrogen-bond donors (Lipinski definition) is 1. The van der Waals surface area contributed by atoms with Crippen molar-refractivity contribution >= 4 is 11.8 Å². The van der Waals surface area contributed by atoms with Crippen LogP contribution in [0.2, 0.25) is 0 Å². The van der Waals surface area contributed by atoms with Crippen LogP contribution in [0.1, 0.15) is 49.7 Å². The van der Waals surface area contributed by atoms with Crippen molar-refractivity contribution in [2.75, 3.05) is 27.4 Å². The van der Waals surface area contributed by atoms with Crippen molar-refractivity contribution in [1.82, 2.24) is 5.32 Å². The Kier molecular flexibility index (Phi) is 7.67. The van der Waals surface area contributed by atoms with E-state index in [1.165, 1.54) is 0 Å². The molecule has 1 aliphatic carbocycles. The molecule has 0 amide bonds. The van der Waals surface area contributed by atoms with E-state index >= 15 is 0 Å². The second kappa shape index (κ2) is 10.9. The van der Waals surface area contributed by atoms with Gasteiger partial charge in [-0.15, -0.1) is 0 Å². The van der Waals surface area contributed by atoms with Crippen molar-refractivity contribution in [1.29, 1.82) is 0 Å². The normalized spacial score (nSPS) is 21.4. The lowest BCUT2D eigenvalue weighted by Gasteiger charge is -2.40. The smallest absolute Gasteiger partial charge is 0.315 e. The summed E-state index contributed by atoms with van der Waals surface area (Å²) in [5, 5.41) is 3.31. The molecule has 2 aromatic rings. The highest BCUT2D eigenvalue weighted by molar-refractivity contribution is 6.01. The van der Waals surface area contributed by atoms with Crippen LogP contribution in [0.5, 0.6) is 17.2 Å². The summed E-state index contributed by atoms with van der Waals surface area (Å²) in [6, 6.07) is 13.3. The van der Waals surface area contributed by atoms with Gasteiger partial charge in [-0.05, 0) is 49.9 Å². The van der Waals surface area contributed by atoms with Crippen molar-refractivity contribution in [3.8, 4) is 17.2 Å². The number of nitrogens with one attached hydrogen (secondary N) is 1. The molecule has 1 heterocycles. The molecule has 0 saturated heterocycles. The van der Waals surface area contributed by atoms with Gasteiger partial charge in [0.05, 0.1) is 27.4 Å². The SMILES string of the molecule is C=C1NC2=C(C(=O)CC(c3ccc(OC)c(OC)c3)C2)C(c2ccccc2OCC)C1C(=O)OCC. The van der Waals surface area contributed by atoms with Gasteiger partial charge in [-0.25, -0.2) is 0 Å². The molecule has 4 rings (SSSR count). The molecule has 0 fully saturated rings. The Morgan fingerprint density at radius 2 is 1.75 bits per heavy atom. The van der Waals surface area contributed by atoms with Crippen LogP contribution in [0.15, 0.2) is 66.0 Å². The number of allylic oxidation sites excluding steroid dienone is 2. The zero-order valence-electron chi connectivity index (χ0n) is 21.3. The van der Waals surface area contributed by atoms with E-state index in [0.29, 0.717) is 48.0 Å². The highest BCUT2D eigenvalue weighted by atomic mass is 16.5. The van der Waals surface area contributed by atoms with Crippen LogP contribution in [0.4, 0.5) is 0 Å². The number of carbonyl (C=O) groups is 2. The lowest BCUT2D eigenvalue weighted by molar-refractivity contribution is -0.147. The summed E-state index contributed by atoms with van der Waals surface area (Å²) < 4.78 is 22.2. The number of esters is 1. The van der Waals surface area contributed by atoms with Gasteiger partial charge in [-0.1, -0.05) is 30.8 Å². The molecule has 0 aromatic heterocycles. The first-order valence-corrected chi connectivity index (χ1v) is 12.3. The van der Waals surface area contributed by atoms with Gasteiger partial charge in [-0.3, -0.25) is 9.59 Å². The zero-order chi connectivity index (χ0) is 25.8. The molecule has 3 unspecified atom stereocenters. The van der Waals surface area contributed by atoms with Crippen LogP contribution >= 0.6 is 0 Å². The van der Waals surface area contributed by atoms with Crippen LogP contribution < -0.4 is 19.5 Å². The number of ketones is 1. The third-order valence-corrected chi connectivity index (χ3v) is 6.81. The minimum absolute atomic E-state index is 0.0124. The molecule has 2 aliphatic rings. The summed E-state index contributed by atoms with van der Waals surface area (Å²) in [6.45, 7) is 8.56. The number of ether oxygens (including phenoxy) is 4. The largest absolute Gasteiger partial charge is 0.494 e. The first-order valence-electron chi connectivity index (χ1n) is 12.3. The second-order valence-electron chi connectivity index (χ2n) is 8.86. The van der Waals surface area contributed by atoms with E-state index in [1.807, 2.05) is 49.4 Å². The third kappa shape index (κ3) is 4.70.